The number of anilines is 1. The number of amides is 2. The zero-order valence-corrected chi connectivity index (χ0v) is 18.2. The average Bonchev–Trinajstić information content (AvgIpc) is 3.05. The molecule has 0 aliphatic rings. The van der Waals surface area contributed by atoms with Crippen LogP contribution in [0.3, 0.4) is 0 Å². The molecule has 0 radical (unpaired) electrons. The largest absolute Gasteiger partial charge is 0.505 e. The molecule has 0 spiro atoms. The number of halogens is 4. The molecule has 1 heterocycles. The Morgan fingerprint density at radius 1 is 1.03 bits per heavy atom. The van der Waals surface area contributed by atoms with Crippen LogP contribution in [0.25, 0.3) is 0 Å². The van der Waals surface area contributed by atoms with Gasteiger partial charge in [-0.3, -0.25) is 9.59 Å². The molecule has 1 aromatic heterocycles. The molecule has 0 fully saturated rings. The molecule has 0 aliphatic carbocycles. The highest BCUT2D eigenvalue weighted by Crippen LogP contribution is 2.31. The Labute approximate surface area is 190 Å². The lowest BCUT2D eigenvalue weighted by Crippen LogP contribution is -2.26. The highest BCUT2D eigenvalue weighted by atomic mass is 35.5. The zero-order chi connectivity index (χ0) is 21.8. The van der Waals surface area contributed by atoms with Crippen molar-refractivity contribution >= 4 is 63.6 Å². The van der Waals surface area contributed by atoms with Crippen molar-refractivity contribution in [1.29, 1.82) is 0 Å². The lowest BCUT2D eigenvalue weighted by Gasteiger charge is -2.09. The van der Waals surface area contributed by atoms with Crippen molar-refractivity contribution < 1.29 is 19.1 Å². The molecule has 3 N–H and O–H groups in total. The minimum Gasteiger partial charge on any atom is -0.505 e. The molecule has 0 bridgehead atoms. The first-order chi connectivity index (χ1) is 14.2. The highest BCUT2D eigenvalue weighted by molar-refractivity contribution is 7.18. The van der Waals surface area contributed by atoms with E-state index in [2.05, 4.69) is 10.6 Å². The monoisotopic (exact) mass is 486 g/mol. The smallest absolute Gasteiger partial charge is 0.263 e. The fraction of sp³-hybridized carbons (Fsp3) is 0.100. The van der Waals surface area contributed by atoms with Crippen LogP contribution >= 0.6 is 46.1 Å². The number of hydrogen-bond donors (Lipinski definition) is 3. The summed E-state index contributed by atoms with van der Waals surface area (Å²) in [6.45, 7) is 0.298. The van der Waals surface area contributed by atoms with Crippen molar-refractivity contribution in [2.24, 2.45) is 0 Å². The molecule has 30 heavy (non-hydrogen) atoms. The van der Waals surface area contributed by atoms with Crippen molar-refractivity contribution in [3.8, 4) is 5.75 Å². The molecule has 0 unspecified atom stereocenters. The molecule has 0 saturated carbocycles. The van der Waals surface area contributed by atoms with E-state index >= 15 is 0 Å². The third-order valence-corrected chi connectivity index (χ3v) is 5.91. The van der Waals surface area contributed by atoms with Crippen LogP contribution in [0.1, 0.15) is 25.6 Å². The van der Waals surface area contributed by atoms with Gasteiger partial charge in [-0.05, 0) is 48.4 Å². The second kappa shape index (κ2) is 9.66. The predicted molar refractivity (Wildman–Crippen MR) is 118 cm³/mol. The molecule has 0 aliphatic heterocycles. The number of benzene rings is 2. The van der Waals surface area contributed by atoms with Gasteiger partial charge in [0.1, 0.15) is 4.88 Å². The quantitative estimate of drug-likeness (QED) is 0.412. The van der Waals surface area contributed by atoms with Crippen LogP contribution in [-0.4, -0.2) is 23.5 Å². The highest BCUT2D eigenvalue weighted by Gasteiger charge is 2.19. The fourth-order valence-corrected chi connectivity index (χ4v) is 4.18. The SMILES string of the molecule is O=C(Nc1cc(Cl)sc1C(=O)NCCc1ccc(Cl)cc1Cl)c1ccc(O)c(F)c1. The molecule has 10 heteroatoms. The molecule has 0 saturated heterocycles. The Bertz CT molecular complexity index is 1120. The summed E-state index contributed by atoms with van der Waals surface area (Å²) in [5.41, 5.74) is 1.01. The first-order valence-electron chi connectivity index (χ1n) is 8.56. The second-order valence-electron chi connectivity index (χ2n) is 6.16. The van der Waals surface area contributed by atoms with Crippen LogP contribution in [0.2, 0.25) is 14.4 Å². The molecule has 3 aromatic rings. The number of phenolic OH excluding ortho intramolecular Hbond substituents is 1. The van der Waals surface area contributed by atoms with Crippen LogP contribution in [0, 0.1) is 5.82 Å². The maximum absolute atomic E-state index is 13.5. The fourth-order valence-electron chi connectivity index (χ4n) is 2.58. The van der Waals surface area contributed by atoms with Gasteiger partial charge in [-0.25, -0.2) is 4.39 Å². The van der Waals surface area contributed by atoms with E-state index < -0.39 is 23.4 Å². The van der Waals surface area contributed by atoms with E-state index in [9.17, 15) is 19.1 Å². The van der Waals surface area contributed by atoms with E-state index in [1.165, 1.54) is 12.1 Å². The van der Waals surface area contributed by atoms with Crippen molar-refractivity contribution in [3.05, 3.63) is 78.7 Å². The summed E-state index contributed by atoms with van der Waals surface area (Å²) in [5.74, 6) is -2.56. The first-order valence-corrected chi connectivity index (χ1v) is 10.5. The Morgan fingerprint density at radius 2 is 1.80 bits per heavy atom. The number of phenols is 1. The molecule has 5 nitrogen and oxygen atoms in total. The maximum Gasteiger partial charge on any atom is 0.263 e. The molecule has 2 aromatic carbocycles. The van der Waals surface area contributed by atoms with Gasteiger partial charge in [-0.15, -0.1) is 11.3 Å². The summed E-state index contributed by atoms with van der Waals surface area (Å²) in [7, 11) is 0. The number of carbonyl (C=O) groups excluding carboxylic acids is 2. The van der Waals surface area contributed by atoms with Crippen LogP contribution < -0.4 is 10.6 Å². The standard InChI is InChI=1S/C20H14Cl3FN2O3S/c21-12-3-1-10(13(22)8-12)5-6-25-20(29)18-15(9-17(23)30-18)26-19(28)11-2-4-16(27)14(24)7-11/h1-4,7-9,27H,5-6H2,(H,25,29)(H,26,28). The second-order valence-corrected chi connectivity index (χ2v) is 8.68. The number of rotatable bonds is 6. The van der Waals surface area contributed by atoms with Gasteiger partial charge < -0.3 is 15.7 Å². The number of nitrogens with one attached hydrogen (secondary N) is 2. The summed E-state index contributed by atoms with van der Waals surface area (Å²) in [6.07, 6.45) is 0.481. The average molecular weight is 488 g/mol. The van der Waals surface area contributed by atoms with Crippen molar-refractivity contribution in [2.45, 2.75) is 6.42 Å². The molecule has 3 rings (SSSR count). The lowest BCUT2D eigenvalue weighted by molar-refractivity contribution is 0.0959. The summed E-state index contributed by atoms with van der Waals surface area (Å²) >= 11 is 19.0. The van der Waals surface area contributed by atoms with E-state index in [0.29, 0.717) is 27.3 Å². The third-order valence-electron chi connectivity index (χ3n) is 4.06. The van der Waals surface area contributed by atoms with Gasteiger partial charge in [-0.2, -0.15) is 0 Å². The van der Waals surface area contributed by atoms with Gasteiger partial charge >= 0.3 is 0 Å². The molecule has 156 valence electrons. The number of hydrogen-bond acceptors (Lipinski definition) is 4. The van der Waals surface area contributed by atoms with Gasteiger partial charge in [0.25, 0.3) is 11.8 Å². The third kappa shape index (κ3) is 5.43. The summed E-state index contributed by atoms with van der Waals surface area (Å²) < 4.78 is 13.8. The molecular weight excluding hydrogens is 474 g/mol. The Morgan fingerprint density at radius 3 is 2.50 bits per heavy atom. The van der Waals surface area contributed by atoms with E-state index in [0.717, 1.165) is 29.0 Å². The summed E-state index contributed by atoms with van der Waals surface area (Å²) in [4.78, 5) is 25.1. The minimum absolute atomic E-state index is 0.0173. The van der Waals surface area contributed by atoms with Gasteiger partial charge in [0.05, 0.1) is 10.0 Å². The van der Waals surface area contributed by atoms with E-state index in [1.807, 2.05) is 0 Å². The Hall–Kier alpha value is -2.32. The Balaban J connectivity index is 1.67. The van der Waals surface area contributed by atoms with Gasteiger partial charge in [0.2, 0.25) is 0 Å². The summed E-state index contributed by atoms with van der Waals surface area (Å²) in [5, 5.41) is 15.6. The van der Waals surface area contributed by atoms with Gasteiger partial charge in [0, 0.05) is 22.2 Å². The van der Waals surface area contributed by atoms with E-state index in [1.54, 1.807) is 18.2 Å². The first kappa shape index (κ1) is 22.4. The van der Waals surface area contributed by atoms with Gasteiger partial charge in [0.15, 0.2) is 11.6 Å². The van der Waals surface area contributed by atoms with Crippen LogP contribution in [0.15, 0.2) is 42.5 Å². The topological polar surface area (TPSA) is 78.4 Å². The maximum atomic E-state index is 13.5. The predicted octanol–water partition coefficient (Wildman–Crippen LogP) is 5.78. The van der Waals surface area contributed by atoms with Crippen molar-refractivity contribution in [2.75, 3.05) is 11.9 Å². The van der Waals surface area contributed by atoms with Gasteiger partial charge in [-0.1, -0.05) is 40.9 Å². The van der Waals surface area contributed by atoms with Crippen LogP contribution in [0.4, 0.5) is 10.1 Å². The normalized spacial score (nSPS) is 10.7. The molecule has 2 amide bonds. The van der Waals surface area contributed by atoms with Crippen molar-refractivity contribution in [1.82, 2.24) is 5.32 Å². The Kier molecular flexibility index (Phi) is 7.20. The molecular formula is C20H14Cl3FN2O3S. The lowest BCUT2D eigenvalue weighted by atomic mass is 10.1. The number of aromatic hydroxyl groups is 1. The van der Waals surface area contributed by atoms with Crippen LogP contribution in [0.5, 0.6) is 5.75 Å². The zero-order valence-electron chi connectivity index (χ0n) is 15.1. The number of carbonyl (C=O) groups is 2. The number of thiophene rings is 1. The van der Waals surface area contributed by atoms with E-state index in [-0.39, 0.29) is 16.1 Å². The molecule has 0 atom stereocenters. The van der Waals surface area contributed by atoms with E-state index in [4.69, 9.17) is 34.8 Å². The van der Waals surface area contributed by atoms with Crippen LogP contribution in [-0.2, 0) is 6.42 Å². The summed E-state index contributed by atoms with van der Waals surface area (Å²) in [6, 6.07) is 9.78. The minimum atomic E-state index is -0.926. The van der Waals surface area contributed by atoms with Crippen molar-refractivity contribution in [3.63, 3.8) is 0 Å².